The second kappa shape index (κ2) is 8.17. The lowest BCUT2D eigenvalue weighted by molar-refractivity contribution is -0.127. The first-order chi connectivity index (χ1) is 11.1. The van der Waals surface area contributed by atoms with Gasteiger partial charge in [-0.1, -0.05) is 18.5 Å². The monoisotopic (exact) mass is 339 g/mol. The van der Waals surface area contributed by atoms with Crippen LogP contribution in [0.5, 0.6) is 5.75 Å². The maximum Gasteiger partial charge on any atom is 0.258 e. The van der Waals surface area contributed by atoms with Crippen LogP contribution in [0.2, 0.25) is 5.02 Å². The number of rotatable bonds is 6. The van der Waals surface area contributed by atoms with E-state index >= 15 is 0 Å². The van der Waals surface area contributed by atoms with E-state index in [4.69, 9.17) is 22.1 Å². The number of piperazine rings is 1. The van der Waals surface area contributed by atoms with Gasteiger partial charge in [0.15, 0.2) is 0 Å². The largest absolute Gasteiger partial charge is 0.493 e. The predicted molar refractivity (Wildman–Crippen MR) is 88.7 cm³/mol. The summed E-state index contributed by atoms with van der Waals surface area (Å²) in [5.74, 6) is 0.0922. The van der Waals surface area contributed by atoms with E-state index in [9.17, 15) is 9.59 Å². The maximum absolute atomic E-state index is 12.9. The molecule has 1 aliphatic rings. The fourth-order valence-corrected chi connectivity index (χ4v) is 2.74. The highest BCUT2D eigenvalue weighted by Crippen LogP contribution is 2.26. The Bertz CT molecular complexity index is 580. The highest BCUT2D eigenvalue weighted by molar-refractivity contribution is 6.30. The number of carbonyl (C=O) groups is 2. The van der Waals surface area contributed by atoms with Gasteiger partial charge in [-0.2, -0.15) is 0 Å². The number of benzene rings is 1. The minimum Gasteiger partial charge on any atom is -0.493 e. The van der Waals surface area contributed by atoms with Crippen molar-refractivity contribution in [1.82, 2.24) is 10.2 Å². The maximum atomic E-state index is 12.9. The molecule has 23 heavy (non-hydrogen) atoms. The Balaban J connectivity index is 2.25. The molecule has 1 atom stereocenters. The van der Waals surface area contributed by atoms with Gasteiger partial charge in [0, 0.05) is 18.1 Å². The molecule has 0 aliphatic carbocycles. The van der Waals surface area contributed by atoms with Gasteiger partial charge < -0.3 is 20.7 Å². The van der Waals surface area contributed by atoms with Crippen molar-refractivity contribution < 1.29 is 14.3 Å². The van der Waals surface area contributed by atoms with E-state index in [1.807, 2.05) is 6.92 Å². The van der Waals surface area contributed by atoms with Crippen LogP contribution in [-0.2, 0) is 4.79 Å². The van der Waals surface area contributed by atoms with Crippen LogP contribution in [0.4, 0.5) is 0 Å². The number of hydrogen-bond donors (Lipinski definition) is 2. The van der Waals surface area contributed by atoms with Crippen molar-refractivity contribution in [2.75, 3.05) is 26.2 Å². The van der Waals surface area contributed by atoms with Crippen molar-refractivity contribution in [1.29, 1.82) is 0 Å². The van der Waals surface area contributed by atoms with Crippen LogP contribution in [0.1, 0.15) is 30.1 Å². The van der Waals surface area contributed by atoms with Crippen molar-refractivity contribution in [3.8, 4) is 5.75 Å². The third-order valence-electron chi connectivity index (χ3n) is 3.76. The number of nitrogens with one attached hydrogen (secondary N) is 1. The first kappa shape index (κ1) is 17.6. The van der Waals surface area contributed by atoms with E-state index in [1.54, 1.807) is 23.1 Å². The van der Waals surface area contributed by atoms with E-state index in [0.717, 1.165) is 0 Å². The van der Waals surface area contributed by atoms with Crippen LogP contribution in [0.25, 0.3) is 0 Å². The van der Waals surface area contributed by atoms with Gasteiger partial charge in [0.1, 0.15) is 11.8 Å². The zero-order valence-electron chi connectivity index (χ0n) is 13.2. The summed E-state index contributed by atoms with van der Waals surface area (Å²) in [6.07, 6.45) is 1.25. The number of carbonyl (C=O) groups excluding carboxylic acids is 2. The average Bonchev–Trinajstić information content (AvgIpc) is 2.54. The van der Waals surface area contributed by atoms with Gasteiger partial charge in [0.25, 0.3) is 5.91 Å². The number of nitrogens with two attached hydrogens (primary N) is 1. The molecule has 1 fully saturated rings. The minimum atomic E-state index is -0.455. The summed E-state index contributed by atoms with van der Waals surface area (Å²) in [7, 11) is 0. The van der Waals surface area contributed by atoms with Crippen molar-refractivity contribution >= 4 is 23.4 Å². The second-order valence-corrected chi connectivity index (χ2v) is 5.78. The lowest BCUT2D eigenvalue weighted by atomic mass is 10.1. The molecule has 1 heterocycles. The average molecular weight is 340 g/mol. The molecule has 0 aromatic heterocycles. The summed E-state index contributed by atoms with van der Waals surface area (Å²) >= 11 is 6.01. The molecule has 6 nitrogen and oxygen atoms in total. The lowest BCUT2D eigenvalue weighted by Crippen LogP contribution is -2.56. The number of nitrogens with zero attached hydrogens (tertiary/aromatic N) is 1. The lowest BCUT2D eigenvalue weighted by Gasteiger charge is -2.34. The van der Waals surface area contributed by atoms with Gasteiger partial charge in [0.05, 0.1) is 12.2 Å². The molecule has 0 spiro atoms. The van der Waals surface area contributed by atoms with E-state index in [-0.39, 0.29) is 11.8 Å². The van der Waals surface area contributed by atoms with Crippen LogP contribution < -0.4 is 15.8 Å². The molecule has 1 aliphatic heterocycles. The quantitative estimate of drug-likeness (QED) is 0.768. The highest BCUT2D eigenvalue weighted by Gasteiger charge is 2.33. The third-order valence-corrected chi connectivity index (χ3v) is 3.99. The predicted octanol–water partition coefficient (Wildman–Crippen LogP) is 1.42. The van der Waals surface area contributed by atoms with Gasteiger partial charge in [0.2, 0.25) is 5.91 Å². The SMILES string of the molecule is CC[C@@H]1C(=O)NCCN1C(=O)c1ccc(Cl)cc1OCCCN. The minimum absolute atomic E-state index is 0.119. The summed E-state index contributed by atoms with van der Waals surface area (Å²) in [6, 6.07) is 4.46. The number of halogens is 1. The molecule has 2 amide bonds. The fourth-order valence-electron chi connectivity index (χ4n) is 2.58. The van der Waals surface area contributed by atoms with Crippen LogP contribution in [0, 0.1) is 0 Å². The van der Waals surface area contributed by atoms with Crippen LogP contribution >= 0.6 is 11.6 Å². The number of ether oxygens (including phenoxy) is 1. The smallest absolute Gasteiger partial charge is 0.258 e. The zero-order chi connectivity index (χ0) is 16.8. The summed E-state index contributed by atoms with van der Waals surface area (Å²) in [4.78, 5) is 26.4. The van der Waals surface area contributed by atoms with E-state index in [2.05, 4.69) is 5.32 Å². The Morgan fingerprint density at radius 1 is 1.52 bits per heavy atom. The fraction of sp³-hybridized carbons (Fsp3) is 0.500. The van der Waals surface area contributed by atoms with Crippen LogP contribution in [0.3, 0.4) is 0 Å². The Kier molecular flexibility index (Phi) is 6.24. The summed E-state index contributed by atoms with van der Waals surface area (Å²) < 4.78 is 5.65. The van der Waals surface area contributed by atoms with Gasteiger partial charge in [-0.3, -0.25) is 9.59 Å². The van der Waals surface area contributed by atoms with Crippen molar-refractivity contribution in [2.24, 2.45) is 5.73 Å². The summed E-state index contributed by atoms with van der Waals surface area (Å²) in [6.45, 7) is 3.74. The van der Waals surface area contributed by atoms with E-state index < -0.39 is 6.04 Å². The standard InChI is InChI=1S/C16H22ClN3O3/c1-2-13-15(21)19-7-8-20(13)16(22)12-5-4-11(17)10-14(12)23-9-3-6-18/h4-5,10,13H,2-3,6-9,18H2,1H3,(H,19,21)/t13-/m1/s1. The molecule has 3 N–H and O–H groups in total. The van der Waals surface area contributed by atoms with Crippen LogP contribution in [-0.4, -0.2) is 49.0 Å². The van der Waals surface area contributed by atoms with Crippen molar-refractivity contribution in [3.63, 3.8) is 0 Å². The Hall–Kier alpha value is -1.79. The molecule has 0 radical (unpaired) electrons. The topological polar surface area (TPSA) is 84.7 Å². The van der Waals surface area contributed by atoms with Gasteiger partial charge in [-0.05, 0) is 37.6 Å². The van der Waals surface area contributed by atoms with E-state index in [0.29, 0.717) is 55.4 Å². The molecule has 2 rings (SSSR count). The van der Waals surface area contributed by atoms with Gasteiger partial charge in [-0.25, -0.2) is 0 Å². The summed E-state index contributed by atoms with van der Waals surface area (Å²) in [5, 5.41) is 3.28. The van der Waals surface area contributed by atoms with E-state index in [1.165, 1.54) is 0 Å². The number of amides is 2. The van der Waals surface area contributed by atoms with Crippen molar-refractivity contribution in [3.05, 3.63) is 28.8 Å². The van der Waals surface area contributed by atoms with Crippen molar-refractivity contribution in [2.45, 2.75) is 25.8 Å². The van der Waals surface area contributed by atoms with Crippen LogP contribution in [0.15, 0.2) is 18.2 Å². The molecule has 0 saturated carbocycles. The third kappa shape index (κ3) is 4.14. The molecular formula is C16H22ClN3O3. The van der Waals surface area contributed by atoms with Gasteiger partial charge >= 0.3 is 0 Å². The molecule has 1 aromatic rings. The Morgan fingerprint density at radius 2 is 2.30 bits per heavy atom. The Morgan fingerprint density at radius 3 is 3.00 bits per heavy atom. The molecule has 0 unspecified atom stereocenters. The summed E-state index contributed by atoms with van der Waals surface area (Å²) in [5.41, 5.74) is 5.88. The number of hydrogen-bond acceptors (Lipinski definition) is 4. The molecule has 0 bridgehead atoms. The highest BCUT2D eigenvalue weighted by atomic mass is 35.5. The molecule has 1 aromatic carbocycles. The van der Waals surface area contributed by atoms with Gasteiger partial charge in [-0.15, -0.1) is 0 Å². The molecule has 1 saturated heterocycles. The first-order valence-electron chi connectivity index (χ1n) is 7.79. The molecular weight excluding hydrogens is 318 g/mol. The molecule has 126 valence electrons. The zero-order valence-corrected chi connectivity index (χ0v) is 13.9. The normalized spacial score (nSPS) is 17.8. The Labute approximate surface area is 140 Å². The first-order valence-corrected chi connectivity index (χ1v) is 8.17. The molecule has 7 heteroatoms. The second-order valence-electron chi connectivity index (χ2n) is 5.34.